The molecule has 0 aliphatic rings. The largest absolute Gasteiger partial charge is 0.333 e. The molecule has 0 saturated carbocycles. The minimum absolute atomic E-state index is 0.121. The smallest absolute Gasteiger partial charge is 0.268 e. The van der Waals surface area contributed by atoms with Crippen LogP contribution in [0, 0.1) is 6.92 Å². The lowest BCUT2D eigenvalue weighted by Gasteiger charge is -2.08. The number of benzene rings is 2. The van der Waals surface area contributed by atoms with Crippen molar-refractivity contribution in [1.82, 2.24) is 10.1 Å². The van der Waals surface area contributed by atoms with Crippen molar-refractivity contribution in [1.29, 1.82) is 0 Å². The van der Waals surface area contributed by atoms with Gasteiger partial charge in [0.1, 0.15) is 4.90 Å². The molecule has 0 fully saturated rings. The summed E-state index contributed by atoms with van der Waals surface area (Å²) < 4.78 is 33.7. The number of sulfonamides is 1. The van der Waals surface area contributed by atoms with Gasteiger partial charge in [-0.1, -0.05) is 47.6 Å². The van der Waals surface area contributed by atoms with Crippen LogP contribution in [-0.4, -0.2) is 24.3 Å². The molecule has 2 aromatic carbocycles. The number of hydrogen-bond acceptors (Lipinski definition) is 7. The number of aromatic nitrogens is 2. The van der Waals surface area contributed by atoms with Crippen LogP contribution >= 0.6 is 11.3 Å². The van der Waals surface area contributed by atoms with Gasteiger partial charge in [-0.15, -0.1) is 11.3 Å². The monoisotopic (exact) mass is 439 g/mol. The van der Waals surface area contributed by atoms with Crippen molar-refractivity contribution in [3.8, 4) is 22.2 Å². The Hall–Kier alpha value is -3.30. The second kappa shape index (κ2) is 7.85. The maximum Gasteiger partial charge on any atom is 0.268 e. The zero-order valence-electron chi connectivity index (χ0n) is 16.1. The topological polar surface area (TPSA) is 102 Å². The lowest BCUT2D eigenvalue weighted by molar-refractivity contribution is 0.101. The van der Waals surface area contributed by atoms with E-state index in [1.54, 1.807) is 25.1 Å². The Balaban J connectivity index is 1.63. The van der Waals surface area contributed by atoms with Crippen molar-refractivity contribution in [2.24, 2.45) is 0 Å². The first-order chi connectivity index (χ1) is 14.3. The van der Waals surface area contributed by atoms with E-state index in [-0.39, 0.29) is 16.6 Å². The average Bonchev–Trinajstić information content (AvgIpc) is 3.36. The standard InChI is InChI=1S/C21H17N3O4S2/c1-13(25)16-9-6-10-17(11-16)24-30(26,27)19-12-18(29-14(19)2)21-22-20(23-28-21)15-7-4-3-5-8-15/h3-12,24H,1-2H3. The molecule has 4 rings (SSSR count). The van der Waals surface area contributed by atoms with Crippen molar-refractivity contribution < 1.29 is 17.7 Å². The number of Topliss-reactive ketones (excluding diaryl/α,β-unsaturated/α-hetero) is 1. The molecule has 0 saturated heterocycles. The van der Waals surface area contributed by atoms with Crippen LogP contribution in [0.25, 0.3) is 22.2 Å². The van der Waals surface area contributed by atoms with Crippen molar-refractivity contribution in [2.45, 2.75) is 18.7 Å². The van der Waals surface area contributed by atoms with Crippen molar-refractivity contribution in [3.05, 3.63) is 71.1 Å². The summed E-state index contributed by atoms with van der Waals surface area (Å²) in [5.74, 6) is 0.540. The van der Waals surface area contributed by atoms with E-state index >= 15 is 0 Å². The van der Waals surface area contributed by atoms with Gasteiger partial charge in [-0.25, -0.2) is 8.42 Å². The van der Waals surface area contributed by atoms with Gasteiger partial charge in [-0.05, 0) is 32.0 Å². The Labute approximate surface area is 177 Å². The third kappa shape index (κ3) is 4.03. The molecule has 0 amide bonds. The molecule has 2 heterocycles. The van der Waals surface area contributed by atoms with Crippen LogP contribution < -0.4 is 4.72 Å². The summed E-state index contributed by atoms with van der Waals surface area (Å²) in [6.45, 7) is 3.14. The van der Waals surface area contributed by atoms with E-state index in [4.69, 9.17) is 4.52 Å². The molecular formula is C21H17N3O4S2. The number of aryl methyl sites for hydroxylation is 1. The number of rotatable bonds is 6. The molecule has 0 aliphatic heterocycles. The predicted octanol–water partition coefficient (Wildman–Crippen LogP) is 4.78. The first-order valence-corrected chi connectivity index (χ1v) is 11.3. The van der Waals surface area contributed by atoms with E-state index in [1.807, 2.05) is 30.3 Å². The van der Waals surface area contributed by atoms with E-state index in [0.717, 1.165) is 5.56 Å². The third-order valence-corrected chi connectivity index (χ3v) is 7.03. The minimum Gasteiger partial charge on any atom is -0.333 e. The molecule has 0 bridgehead atoms. The quantitative estimate of drug-likeness (QED) is 0.434. The fourth-order valence-corrected chi connectivity index (χ4v) is 5.44. The summed E-state index contributed by atoms with van der Waals surface area (Å²) in [6, 6.07) is 17.2. The minimum atomic E-state index is -3.86. The van der Waals surface area contributed by atoms with Crippen molar-refractivity contribution >= 4 is 32.8 Å². The molecule has 0 unspecified atom stereocenters. The highest BCUT2D eigenvalue weighted by molar-refractivity contribution is 7.93. The lowest BCUT2D eigenvalue weighted by Crippen LogP contribution is -2.13. The van der Waals surface area contributed by atoms with Gasteiger partial charge in [-0.3, -0.25) is 9.52 Å². The fraction of sp³-hybridized carbons (Fsp3) is 0.0952. The third-order valence-electron chi connectivity index (χ3n) is 4.35. The number of nitrogens with one attached hydrogen (secondary N) is 1. The number of hydrogen-bond donors (Lipinski definition) is 1. The van der Waals surface area contributed by atoms with Crippen LogP contribution in [0.2, 0.25) is 0 Å². The highest BCUT2D eigenvalue weighted by Crippen LogP contribution is 2.34. The molecule has 152 valence electrons. The summed E-state index contributed by atoms with van der Waals surface area (Å²) in [4.78, 5) is 17.2. The molecule has 9 heteroatoms. The number of carbonyl (C=O) groups is 1. The molecule has 0 spiro atoms. The molecule has 0 aliphatic carbocycles. The second-order valence-corrected chi connectivity index (χ2v) is 9.47. The Bertz CT molecular complexity index is 1330. The van der Waals surface area contributed by atoms with E-state index < -0.39 is 10.0 Å². The number of ketones is 1. The summed E-state index contributed by atoms with van der Waals surface area (Å²) in [5, 5.41) is 3.98. The van der Waals surface area contributed by atoms with Crippen LogP contribution in [-0.2, 0) is 10.0 Å². The van der Waals surface area contributed by atoms with Gasteiger partial charge in [0.15, 0.2) is 5.78 Å². The van der Waals surface area contributed by atoms with Crippen molar-refractivity contribution in [2.75, 3.05) is 4.72 Å². The van der Waals surface area contributed by atoms with E-state index in [2.05, 4.69) is 14.9 Å². The molecular weight excluding hydrogens is 422 g/mol. The van der Waals surface area contributed by atoms with Gasteiger partial charge in [0, 0.05) is 21.7 Å². The van der Waals surface area contributed by atoms with Gasteiger partial charge in [0.2, 0.25) is 5.82 Å². The molecule has 1 N–H and O–H groups in total. The normalized spacial score (nSPS) is 11.4. The van der Waals surface area contributed by atoms with Crippen LogP contribution in [0.1, 0.15) is 22.2 Å². The van der Waals surface area contributed by atoms with Crippen LogP contribution in [0.3, 0.4) is 0 Å². The van der Waals surface area contributed by atoms with Gasteiger partial charge >= 0.3 is 0 Å². The molecule has 30 heavy (non-hydrogen) atoms. The maximum atomic E-state index is 12.9. The number of carbonyl (C=O) groups excluding carboxylic acids is 1. The van der Waals surface area contributed by atoms with Gasteiger partial charge in [0.25, 0.3) is 15.9 Å². The summed E-state index contributed by atoms with van der Waals surface area (Å²) in [7, 11) is -3.86. The zero-order chi connectivity index (χ0) is 21.3. The zero-order valence-corrected chi connectivity index (χ0v) is 17.8. The van der Waals surface area contributed by atoms with E-state index in [1.165, 1.54) is 30.4 Å². The molecule has 0 atom stereocenters. The van der Waals surface area contributed by atoms with Gasteiger partial charge < -0.3 is 4.52 Å². The summed E-state index contributed by atoms with van der Waals surface area (Å²) >= 11 is 1.25. The Morgan fingerprint density at radius 2 is 1.83 bits per heavy atom. The highest BCUT2D eigenvalue weighted by atomic mass is 32.2. The summed E-state index contributed by atoms with van der Waals surface area (Å²) in [5.41, 5.74) is 1.55. The van der Waals surface area contributed by atoms with Crippen LogP contribution in [0.5, 0.6) is 0 Å². The Kier molecular flexibility index (Phi) is 5.23. The highest BCUT2D eigenvalue weighted by Gasteiger charge is 2.23. The van der Waals surface area contributed by atoms with Crippen LogP contribution in [0.15, 0.2) is 70.1 Å². The molecule has 4 aromatic rings. The van der Waals surface area contributed by atoms with E-state index in [9.17, 15) is 13.2 Å². The predicted molar refractivity (Wildman–Crippen MR) is 115 cm³/mol. The SMILES string of the molecule is CC(=O)c1cccc(NS(=O)(=O)c2cc(-c3nc(-c4ccccc4)no3)sc2C)c1. The maximum absolute atomic E-state index is 12.9. The average molecular weight is 440 g/mol. The van der Waals surface area contributed by atoms with Crippen LogP contribution in [0.4, 0.5) is 5.69 Å². The first-order valence-electron chi connectivity index (χ1n) is 8.97. The summed E-state index contributed by atoms with van der Waals surface area (Å²) in [6.07, 6.45) is 0. The Morgan fingerprint density at radius 1 is 1.07 bits per heavy atom. The molecule has 0 radical (unpaired) electrons. The van der Waals surface area contributed by atoms with Crippen molar-refractivity contribution in [3.63, 3.8) is 0 Å². The molecule has 2 aromatic heterocycles. The van der Waals surface area contributed by atoms with Gasteiger partial charge in [-0.2, -0.15) is 4.98 Å². The lowest BCUT2D eigenvalue weighted by atomic mass is 10.1. The molecule has 7 nitrogen and oxygen atoms in total. The fourth-order valence-electron chi connectivity index (χ4n) is 2.88. The van der Waals surface area contributed by atoms with E-state index in [0.29, 0.717) is 26.8 Å². The second-order valence-electron chi connectivity index (χ2n) is 6.56. The first kappa shape index (κ1) is 20.0. The number of nitrogens with zero attached hydrogens (tertiary/aromatic N) is 2. The number of anilines is 1. The van der Waals surface area contributed by atoms with Gasteiger partial charge in [0.05, 0.1) is 4.88 Å². The number of thiophene rings is 1. The Morgan fingerprint density at radius 3 is 2.57 bits per heavy atom.